The Hall–Kier alpha value is -2.57. The maximum absolute atomic E-state index is 11.3. The molecule has 0 unspecified atom stereocenters. The van der Waals surface area contributed by atoms with Crippen molar-refractivity contribution in [2.75, 3.05) is 13.1 Å². The van der Waals surface area contributed by atoms with Gasteiger partial charge in [0.05, 0.1) is 17.5 Å². The minimum Gasteiger partial charge on any atom is -0.481 e. The van der Waals surface area contributed by atoms with Crippen molar-refractivity contribution in [3.8, 4) is 0 Å². The molecule has 2 rings (SSSR count). The lowest BCUT2D eigenvalue weighted by atomic mass is 10.3. The molecular weight excluding hydrogens is 272 g/mol. The summed E-state index contributed by atoms with van der Waals surface area (Å²) in [5, 5.41) is 13.6. The molecule has 0 bridgehead atoms. The lowest BCUT2D eigenvalue weighted by molar-refractivity contribution is -0.136. The molecule has 0 atom stereocenters. The smallest absolute Gasteiger partial charge is 0.314 e. The number of carboxylic acids is 1. The van der Waals surface area contributed by atoms with Crippen LogP contribution < -0.4 is 10.6 Å². The highest BCUT2D eigenvalue weighted by molar-refractivity contribution is 5.75. The molecule has 0 aliphatic heterocycles. The Morgan fingerprint density at radius 2 is 1.95 bits per heavy atom. The van der Waals surface area contributed by atoms with Crippen molar-refractivity contribution in [3.63, 3.8) is 0 Å². The number of hydrogen-bond acceptors (Lipinski definition) is 3. The van der Waals surface area contributed by atoms with Crippen LogP contribution in [0.1, 0.15) is 18.7 Å². The number of imidazole rings is 1. The van der Waals surface area contributed by atoms with Gasteiger partial charge in [-0.3, -0.25) is 4.79 Å². The van der Waals surface area contributed by atoms with Crippen LogP contribution in [0, 0.1) is 0 Å². The second kappa shape index (κ2) is 7.28. The Labute approximate surface area is 121 Å². The molecule has 0 radical (unpaired) electrons. The van der Waals surface area contributed by atoms with Crippen LogP contribution >= 0.6 is 0 Å². The molecule has 7 heteroatoms. The number of carboxylic acid groups (broad SMARTS) is 1. The molecule has 4 N–H and O–H groups in total. The van der Waals surface area contributed by atoms with Crippen LogP contribution in [0.5, 0.6) is 0 Å². The van der Waals surface area contributed by atoms with Gasteiger partial charge in [0.1, 0.15) is 5.82 Å². The zero-order valence-electron chi connectivity index (χ0n) is 11.6. The van der Waals surface area contributed by atoms with Gasteiger partial charge in [-0.2, -0.15) is 0 Å². The minimum atomic E-state index is -0.930. The van der Waals surface area contributed by atoms with Crippen molar-refractivity contribution in [2.45, 2.75) is 19.3 Å². The zero-order valence-corrected chi connectivity index (χ0v) is 11.6. The van der Waals surface area contributed by atoms with Crippen LogP contribution in [-0.2, 0) is 11.2 Å². The summed E-state index contributed by atoms with van der Waals surface area (Å²) >= 11 is 0. The number of para-hydroxylation sites is 2. The van der Waals surface area contributed by atoms with Gasteiger partial charge in [0.2, 0.25) is 0 Å². The summed E-state index contributed by atoms with van der Waals surface area (Å²) in [4.78, 5) is 29.3. The highest BCUT2D eigenvalue weighted by atomic mass is 16.4. The molecule has 1 aromatic carbocycles. The fourth-order valence-electron chi connectivity index (χ4n) is 1.93. The van der Waals surface area contributed by atoms with Crippen LogP contribution in [0.4, 0.5) is 4.79 Å². The first-order valence-corrected chi connectivity index (χ1v) is 6.82. The summed E-state index contributed by atoms with van der Waals surface area (Å²) in [5.74, 6) is -0.0375. The van der Waals surface area contributed by atoms with Crippen molar-refractivity contribution < 1.29 is 14.7 Å². The highest BCUT2D eigenvalue weighted by Crippen LogP contribution is 2.10. The average Bonchev–Trinajstić information content (AvgIpc) is 2.86. The molecule has 1 heterocycles. The molecule has 112 valence electrons. The summed E-state index contributed by atoms with van der Waals surface area (Å²) in [5.41, 5.74) is 1.94. The normalized spacial score (nSPS) is 10.5. The maximum Gasteiger partial charge on any atom is 0.314 e. The number of carbonyl (C=O) groups is 2. The van der Waals surface area contributed by atoms with E-state index in [1.807, 2.05) is 24.3 Å². The number of aromatic nitrogens is 2. The molecule has 0 spiro atoms. The highest BCUT2D eigenvalue weighted by Gasteiger charge is 2.03. The molecular formula is C14H18N4O3. The number of urea groups is 1. The van der Waals surface area contributed by atoms with E-state index in [-0.39, 0.29) is 19.0 Å². The minimum absolute atomic E-state index is 0.0770. The average molecular weight is 290 g/mol. The zero-order chi connectivity index (χ0) is 15.1. The van der Waals surface area contributed by atoms with E-state index in [9.17, 15) is 9.59 Å². The van der Waals surface area contributed by atoms with Gasteiger partial charge in [-0.1, -0.05) is 12.1 Å². The number of H-pyrrole nitrogens is 1. The van der Waals surface area contributed by atoms with Crippen LogP contribution in [0.15, 0.2) is 24.3 Å². The van der Waals surface area contributed by atoms with Crippen molar-refractivity contribution in [1.29, 1.82) is 0 Å². The van der Waals surface area contributed by atoms with E-state index < -0.39 is 5.97 Å². The lowest BCUT2D eigenvalue weighted by Crippen LogP contribution is -2.37. The molecule has 0 aliphatic carbocycles. The van der Waals surface area contributed by atoms with E-state index in [1.165, 1.54) is 0 Å². The first kappa shape index (κ1) is 14.8. The number of nitrogens with one attached hydrogen (secondary N) is 3. The first-order chi connectivity index (χ1) is 10.1. The number of aromatic amines is 1. The summed E-state index contributed by atoms with van der Waals surface area (Å²) in [7, 11) is 0. The third-order valence-corrected chi connectivity index (χ3v) is 2.94. The Balaban J connectivity index is 1.65. The number of fused-ring (bicyclic) bond motifs is 1. The summed E-state index contributed by atoms with van der Waals surface area (Å²) in [6, 6.07) is 7.47. The van der Waals surface area contributed by atoms with Crippen LogP contribution in [0.25, 0.3) is 11.0 Å². The molecule has 0 fully saturated rings. The van der Waals surface area contributed by atoms with Crippen LogP contribution in [0.2, 0.25) is 0 Å². The summed E-state index contributed by atoms with van der Waals surface area (Å²) in [6.45, 7) is 0.640. The SMILES string of the molecule is O=C(O)CCNC(=O)NCCCc1nc2ccccc2[nH]1. The Bertz CT molecular complexity index is 590. The third-order valence-electron chi connectivity index (χ3n) is 2.94. The van der Waals surface area contributed by atoms with Gasteiger partial charge >= 0.3 is 12.0 Å². The predicted molar refractivity (Wildman–Crippen MR) is 78.1 cm³/mol. The molecule has 21 heavy (non-hydrogen) atoms. The van der Waals surface area contributed by atoms with Crippen molar-refractivity contribution in [3.05, 3.63) is 30.1 Å². The van der Waals surface area contributed by atoms with Gasteiger partial charge < -0.3 is 20.7 Å². The Morgan fingerprint density at radius 3 is 2.71 bits per heavy atom. The largest absolute Gasteiger partial charge is 0.481 e. The number of carbonyl (C=O) groups excluding carboxylic acids is 1. The number of aryl methyl sites for hydroxylation is 1. The second-order valence-corrected chi connectivity index (χ2v) is 4.63. The quantitative estimate of drug-likeness (QED) is 0.576. The number of hydrogen-bond donors (Lipinski definition) is 4. The molecule has 1 aromatic heterocycles. The monoisotopic (exact) mass is 290 g/mol. The summed E-state index contributed by atoms with van der Waals surface area (Å²) in [6.07, 6.45) is 1.42. The molecule has 0 aliphatic rings. The molecule has 2 amide bonds. The van der Waals surface area contributed by atoms with Gasteiger partial charge in [-0.15, -0.1) is 0 Å². The number of nitrogens with zero attached hydrogens (tertiary/aromatic N) is 1. The molecule has 0 saturated heterocycles. The predicted octanol–water partition coefficient (Wildman–Crippen LogP) is 1.27. The molecule has 2 aromatic rings. The van der Waals surface area contributed by atoms with Crippen molar-refractivity contribution >= 4 is 23.0 Å². The number of benzene rings is 1. The lowest BCUT2D eigenvalue weighted by Gasteiger charge is -2.05. The van der Waals surface area contributed by atoms with E-state index in [0.717, 1.165) is 29.7 Å². The van der Waals surface area contributed by atoms with Gasteiger partial charge in [0.15, 0.2) is 0 Å². The fraction of sp³-hybridized carbons (Fsp3) is 0.357. The van der Waals surface area contributed by atoms with Gasteiger partial charge in [-0.25, -0.2) is 9.78 Å². The van der Waals surface area contributed by atoms with E-state index in [2.05, 4.69) is 20.6 Å². The Morgan fingerprint density at radius 1 is 1.19 bits per heavy atom. The van der Waals surface area contributed by atoms with E-state index in [4.69, 9.17) is 5.11 Å². The number of rotatable bonds is 7. The first-order valence-electron chi connectivity index (χ1n) is 6.82. The standard InChI is InChI=1S/C14H18N4O3/c19-13(20)7-9-16-14(21)15-8-3-6-12-17-10-4-1-2-5-11(10)18-12/h1-2,4-5H,3,6-9H2,(H,17,18)(H,19,20)(H2,15,16,21). The van der Waals surface area contributed by atoms with E-state index in [1.54, 1.807) is 0 Å². The molecule has 7 nitrogen and oxygen atoms in total. The molecule has 0 saturated carbocycles. The van der Waals surface area contributed by atoms with Crippen LogP contribution in [0.3, 0.4) is 0 Å². The van der Waals surface area contributed by atoms with Crippen LogP contribution in [-0.4, -0.2) is 40.2 Å². The van der Waals surface area contributed by atoms with E-state index in [0.29, 0.717) is 6.54 Å². The van der Waals surface area contributed by atoms with Gasteiger partial charge in [0, 0.05) is 19.5 Å². The van der Waals surface area contributed by atoms with Gasteiger partial charge in [-0.05, 0) is 18.6 Å². The maximum atomic E-state index is 11.3. The fourth-order valence-corrected chi connectivity index (χ4v) is 1.93. The Kier molecular flexibility index (Phi) is 5.14. The van der Waals surface area contributed by atoms with Crippen molar-refractivity contribution in [2.24, 2.45) is 0 Å². The third kappa shape index (κ3) is 4.79. The number of aliphatic carboxylic acids is 1. The summed E-state index contributed by atoms with van der Waals surface area (Å²) < 4.78 is 0. The van der Waals surface area contributed by atoms with Gasteiger partial charge in [0.25, 0.3) is 0 Å². The second-order valence-electron chi connectivity index (χ2n) is 4.63. The topological polar surface area (TPSA) is 107 Å². The van der Waals surface area contributed by atoms with E-state index >= 15 is 0 Å². The number of amides is 2. The van der Waals surface area contributed by atoms with Crippen molar-refractivity contribution in [1.82, 2.24) is 20.6 Å².